The van der Waals surface area contributed by atoms with Crippen molar-refractivity contribution in [3.05, 3.63) is 18.0 Å². The third-order valence-electron chi connectivity index (χ3n) is 5.01. The number of hydrogen-bond acceptors (Lipinski definition) is 2. The molecule has 1 aromatic rings. The van der Waals surface area contributed by atoms with Gasteiger partial charge in [0.2, 0.25) is 0 Å². The largest absolute Gasteiger partial charge is 0.313 e. The van der Waals surface area contributed by atoms with Gasteiger partial charge in [-0.1, -0.05) is 20.8 Å². The number of hydrogen-bond donors (Lipinski definition) is 1. The summed E-state index contributed by atoms with van der Waals surface area (Å²) in [6.45, 7) is 7.96. The number of aryl methyl sites for hydroxylation is 1. The van der Waals surface area contributed by atoms with Crippen LogP contribution in [0.15, 0.2) is 12.4 Å². The van der Waals surface area contributed by atoms with Gasteiger partial charge in [-0.25, -0.2) is 0 Å². The van der Waals surface area contributed by atoms with E-state index in [4.69, 9.17) is 0 Å². The first-order valence-electron chi connectivity index (χ1n) is 8.35. The van der Waals surface area contributed by atoms with Crippen LogP contribution in [-0.2, 0) is 6.54 Å². The molecule has 114 valence electrons. The molecule has 0 spiro atoms. The zero-order chi connectivity index (χ0) is 14.5. The second-order valence-corrected chi connectivity index (χ2v) is 6.72. The van der Waals surface area contributed by atoms with Crippen molar-refractivity contribution in [3.8, 4) is 0 Å². The van der Waals surface area contributed by atoms with Gasteiger partial charge in [0.05, 0.1) is 6.20 Å². The van der Waals surface area contributed by atoms with Crippen molar-refractivity contribution in [1.82, 2.24) is 15.1 Å². The highest BCUT2D eigenvalue weighted by molar-refractivity contribution is 5.12. The van der Waals surface area contributed by atoms with E-state index in [2.05, 4.69) is 55.3 Å². The summed E-state index contributed by atoms with van der Waals surface area (Å²) in [7, 11) is 2.09. The lowest BCUT2D eigenvalue weighted by Crippen LogP contribution is -2.29. The smallest absolute Gasteiger partial charge is 0.0537 e. The molecule has 0 aliphatic heterocycles. The molecule has 0 radical (unpaired) electrons. The van der Waals surface area contributed by atoms with E-state index in [9.17, 15) is 0 Å². The third kappa shape index (κ3) is 3.63. The minimum Gasteiger partial charge on any atom is -0.313 e. The minimum absolute atomic E-state index is 0.480. The molecule has 0 amide bonds. The van der Waals surface area contributed by atoms with Gasteiger partial charge >= 0.3 is 0 Å². The molecule has 1 saturated carbocycles. The molecule has 3 nitrogen and oxygen atoms in total. The molecule has 1 heterocycles. The fourth-order valence-corrected chi connectivity index (χ4v) is 3.71. The summed E-state index contributed by atoms with van der Waals surface area (Å²) < 4.78 is 2.08. The highest BCUT2D eigenvalue weighted by atomic mass is 15.3. The zero-order valence-corrected chi connectivity index (χ0v) is 13.6. The maximum Gasteiger partial charge on any atom is 0.0537 e. The molecule has 0 saturated heterocycles. The van der Waals surface area contributed by atoms with Gasteiger partial charge in [0, 0.05) is 24.3 Å². The Bertz CT molecular complexity index is 389. The maximum atomic E-state index is 4.49. The topological polar surface area (TPSA) is 29.9 Å². The Labute approximate surface area is 124 Å². The first-order chi connectivity index (χ1) is 9.65. The van der Waals surface area contributed by atoms with Crippen LogP contribution in [-0.4, -0.2) is 16.8 Å². The van der Waals surface area contributed by atoms with Crippen LogP contribution in [0, 0.1) is 17.8 Å². The lowest BCUT2D eigenvalue weighted by Gasteiger charge is -2.35. The summed E-state index contributed by atoms with van der Waals surface area (Å²) in [6, 6.07) is 0.480. The van der Waals surface area contributed by atoms with Crippen LogP contribution in [0.3, 0.4) is 0 Å². The van der Waals surface area contributed by atoms with Crippen LogP contribution in [0.1, 0.15) is 64.5 Å². The Balaban J connectivity index is 1.98. The van der Waals surface area contributed by atoms with Crippen LogP contribution in [0.2, 0.25) is 0 Å². The first kappa shape index (κ1) is 15.6. The molecule has 1 N–H and O–H groups in total. The first-order valence-corrected chi connectivity index (χ1v) is 8.35. The van der Waals surface area contributed by atoms with Crippen molar-refractivity contribution in [2.45, 2.75) is 65.5 Å². The van der Waals surface area contributed by atoms with E-state index in [1.165, 1.54) is 31.2 Å². The fraction of sp³-hybridized carbons (Fsp3) is 0.824. The highest BCUT2D eigenvalue weighted by Crippen LogP contribution is 2.39. The molecule has 20 heavy (non-hydrogen) atoms. The summed E-state index contributed by atoms with van der Waals surface area (Å²) in [5.74, 6) is 2.55. The van der Waals surface area contributed by atoms with Gasteiger partial charge in [-0.2, -0.15) is 5.10 Å². The summed E-state index contributed by atoms with van der Waals surface area (Å²) >= 11 is 0. The predicted octanol–water partition coefficient (Wildman–Crippen LogP) is 4.02. The van der Waals surface area contributed by atoms with E-state index < -0.39 is 0 Å². The van der Waals surface area contributed by atoms with Crippen LogP contribution in [0.25, 0.3) is 0 Å². The van der Waals surface area contributed by atoms with E-state index in [-0.39, 0.29) is 0 Å². The molecule has 1 atom stereocenters. The Morgan fingerprint density at radius 3 is 2.45 bits per heavy atom. The third-order valence-corrected chi connectivity index (χ3v) is 5.01. The molecule has 0 aromatic carbocycles. The van der Waals surface area contributed by atoms with E-state index in [1.54, 1.807) is 0 Å². The second-order valence-electron chi connectivity index (χ2n) is 6.72. The second kappa shape index (κ2) is 7.26. The average Bonchev–Trinajstić information content (AvgIpc) is 2.89. The van der Waals surface area contributed by atoms with Crippen molar-refractivity contribution >= 4 is 0 Å². The van der Waals surface area contributed by atoms with Crippen LogP contribution < -0.4 is 5.32 Å². The highest BCUT2D eigenvalue weighted by Gasteiger charge is 2.29. The summed E-state index contributed by atoms with van der Waals surface area (Å²) in [6.07, 6.45) is 10.9. The van der Waals surface area contributed by atoms with Crippen LogP contribution >= 0.6 is 0 Å². The summed E-state index contributed by atoms with van der Waals surface area (Å²) in [4.78, 5) is 0. The summed E-state index contributed by atoms with van der Waals surface area (Å²) in [5, 5.41) is 8.02. The van der Waals surface area contributed by atoms with E-state index in [0.29, 0.717) is 6.04 Å². The standard InChI is InChI=1S/C17H31N3/c1-5-10-20-12-16(11-19-20)17(18-4)15-8-6-14(7-9-15)13(2)3/h11-15,17-18H,5-10H2,1-4H3. The van der Waals surface area contributed by atoms with Gasteiger partial charge in [-0.15, -0.1) is 0 Å². The van der Waals surface area contributed by atoms with E-state index in [1.807, 2.05) is 0 Å². The molecule has 3 heteroatoms. The molecule has 1 unspecified atom stereocenters. The van der Waals surface area contributed by atoms with Gasteiger partial charge < -0.3 is 5.32 Å². The minimum atomic E-state index is 0.480. The molecule has 2 rings (SSSR count). The lowest BCUT2D eigenvalue weighted by atomic mass is 9.73. The van der Waals surface area contributed by atoms with Gasteiger partial charge in [0.1, 0.15) is 0 Å². The molecular formula is C17H31N3. The van der Waals surface area contributed by atoms with E-state index in [0.717, 1.165) is 30.7 Å². The van der Waals surface area contributed by atoms with Gasteiger partial charge in [0.15, 0.2) is 0 Å². The number of nitrogens with one attached hydrogen (secondary N) is 1. The number of aromatic nitrogens is 2. The molecule has 1 aliphatic carbocycles. The van der Waals surface area contributed by atoms with Crippen LogP contribution in [0.4, 0.5) is 0 Å². The zero-order valence-electron chi connectivity index (χ0n) is 13.6. The molecule has 1 aliphatic rings. The SMILES string of the molecule is CCCn1cc(C(NC)C2CCC(C(C)C)CC2)cn1. The van der Waals surface area contributed by atoms with Crippen molar-refractivity contribution in [2.24, 2.45) is 17.8 Å². The monoisotopic (exact) mass is 277 g/mol. The summed E-state index contributed by atoms with van der Waals surface area (Å²) in [5.41, 5.74) is 1.37. The Kier molecular flexibility index (Phi) is 5.64. The Morgan fingerprint density at radius 1 is 1.25 bits per heavy atom. The Morgan fingerprint density at radius 2 is 1.90 bits per heavy atom. The van der Waals surface area contributed by atoms with Crippen molar-refractivity contribution in [3.63, 3.8) is 0 Å². The van der Waals surface area contributed by atoms with Crippen molar-refractivity contribution in [1.29, 1.82) is 0 Å². The molecule has 1 aromatic heterocycles. The predicted molar refractivity (Wildman–Crippen MR) is 84.6 cm³/mol. The fourth-order valence-electron chi connectivity index (χ4n) is 3.71. The average molecular weight is 277 g/mol. The van der Waals surface area contributed by atoms with Gasteiger partial charge in [-0.3, -0.25) is 4.68 Å². The molecular weight excluding hydrogens is 246 g/mol. The van der Waals surface area contributed by atoms with Crippen molar-refractivity contribution < 1.29 is 0 Å². The number of nitrogens with zero attached hydrogens (tertiary/aromatic N) is 2. The van der Waals surface area contributed by atoms with Gasteiger partial charge in [0.25, 0.3) is 0 Å². The quantitative estimate of drug-likeness (QED) is 0.851. The molecule has 0 bridgehead atoms. The van der Waals surface area contributed by atoms with Gasteiger partial charge in [-0.05, 0) is 56.9 Å². The lowest BCUT2D eigenvalue weighted by molar-refractivity contribution is 0.192. The maximum absolute atomic E-state index is 4.49. The van der Waals surface area contributed by atoms with Crippen molar-refractivity contribution in [2.75, 3.05) is 7.05 Å². The number of rotatable bonds is 6. The normalized spacial score (nSPS) is 25.1. The van der Waals surface area contributed by atoms with E-state index >= 15 is 0 Å². The Hall–Kier alpha value is -0.830. The molecule has 1 fully saturated rings. The van der Waals surface area contributed by atoms with Crippen LogP contribution in [0.5, 0.6) is 0 Å².